The first kappa shape index (κ1) is 25.0. The topological polar surface area (TPSA) is 86.8 Å². The van der Waals surface area contributed by atoms with Crippen LogP contribution in [0.15, 0.2) is 42.5 Å². The third-order valence-electron chi connectivity index (χ3n) is 4.83. The maximum Gasteiger partial charge on any atom is 0.260 e. The molecule has 7 nitrogen and oxygen atoms in total. The number of amides is 4. The van der Waals surface area contributed by atoms with E-state index in [9.17, 15) is 23.6 Å². The van der Waals surface area contributed by atoms with Gasteiger partial charge in [0.2, 0.25) is 18.2 Å². The summed E-state index contributed by atoms with van der Waals surface area (Å²) in [7, 11) is 0. The molecule has 0 aliphatic carbocycles. The second-order valence-electron chi connectivity index (χ2n) is 7.46. The number of rotatable bonds is 9. The largest absolute Gasteiger partial charge is 0.350 e. The summed E-state index contributed by atoms with van der Waals surface area (Å²) in [6.45, 7) is 4.21. The summed E-state index contributed by atoms with van der Waals surface area (Å²) in [6, 6.07) is 10.8. The van der Waals surface area contributed by atoms with E-state index < -0.39 is 30.1 Å². The van der Waals surface area contributed by atoms with Crippen LogP contribution in [0.1, 0.15) is 35.3 Å². The molecule has 0 bridgehead atoms. The minimum Gasteiger partial charge on any atom is -0.350 e. The number of nitrogens with one attached hydrogen (secondary N) is 1. The standard InChI is InChI=1S/C23H25ClFN3O4/c1-15(2)28(12-20(30)26-11-17-8-6-10-19(24)22(17)25)21(31)13-27(14-29)23(32)18-9-5-4-7-16(18)3/h4-10,14-15H,11-13H2,1-3H3,(H,26,30). The molecule has 4 amide bonds. The predicted octanol–water partition coefficient (Wildman–Crippen LogP) is 2.94. The third-order valence-corrected chi connectivity index (χ3v) is 5.13. The molecule has 2 aromatic rings. The highest BCUT2D eigenvalue weighted by Gasteiger charge is 2.25. The SMILES string of the molecule is Cc1ccccc1C(=O)N(C=O)CC(=O)N(CC(=O)NCc1cccc(Cl)c1F)C(C)C. The average molecular weight is 462 g/mol. The molecule has 2 aromatic carbocycles. The molecule has 9 heteroatoms. The number of hydrogen-bond donors (Lipinski definition) is 1. The van der Waals surface area contributed by atoms with Crippen LogP contribution in [0.5, 0.6) is 0 Å². The molecule has 170 valence electrons. The van der Waals surface area contributed by atoms with Crippen LogP contribution in [0.25, 0.3) is 0 Å². The van der Waals surface area contributed by atoms with Gasteiger partial charge in [-0.25, -0.2) is 4.39 Å². The molecule has 0 aromatic heterocycles. The van der Waals surface area contributed by atoms with Crippen molar-refractivity contribution in [1.82, 2.24) is 15.1 Å². The van der Waals surface area contributed by atoms with Crippen LogP contribution in [0, 0.1) is 12.7 Å². The highest BCUT2D eigenvalue weighted by molar-refractivity contribution is 6.30. The lowest BCUT2D eigenvalue weighted by Crippen LogP contribution is -2.49. The van der Waals surface area contributed by atoms with Gasteiger partial charge in [0.25, 0.3) is 5.91 Å². The molecule has 2 rings (SSSR count). The van der Waals surface area contributed by atoms with Gasteiger partial charge in [0, 0.05) is 23.7 Å². The highest BCUT2D eigenvalue weighted by atomic mass is 35.5. The Morgan fingerprint density at radius 3 is 2.41 bits per heavy atom. The van der Waals surface area contributed by atoms with Crippen molar-refractivity contribution in [2.45, 2.75) is 33.4 Å². The summed E-state index contributed by atoms with van der Waals surface area (Å²) in [4.78, 5) is 51.4. The monoisotopic (exact) mass is 461 g/mol. The van der Waals surface area contributed by atoms with Crippen molar-refractivity contribution in [3.8, 4) is 0 Å². The normalized spacial score (nSPS) is 10.6. The second-order valence-corrected chi connectivity index (χ2v) is 7.87. The van der Waals surface area contributed by atoms with Gasteiger partial charge in [0.05, 0.1) is 11.6 Å². The van der Waals surface area contributed by atoms with Crippen LogP contribution in [0.4, 0.5) is 4.39 Å². The van der Waals surface area contributed by atoms with Crippen molar-refractivity contribution in [2.24, 2.45) is 0 Å². The Labute approximate surface area is 191 Å². The maximum atomic E-state index is 14.0. The molecular weight excluding hydrogens is 437 g/mol. The average Bonchev–Trinajstić information content (AvgIpc) is 2.76. The van der Waals surface area contributed by atoms with E-state index in [0.29, 0.717) is 17.5 Å². The number of carbonyl (C=O) groups excluding carboxylic acids is 4. The van der Waals surface area contributed by atoms with Crippen molar-refractivity contribution in [2.75, 3.05) is 13.1 Å². The Balaban J connectivity index is 2.03. The maximum absolute atomic E-state index is 14.0. The first-order chi connectivity index (χ1) is 15.1. The van der Waals surface area contributed by atoms with Crippen LogP contribution in [-0.4, -0.2) is 53.1 Å². The minimum absolute atomic E-state index is 0.0528. The van der Waals surface area contributed by atoms with E-state index in [2.05, 4.69) is 5.32 Å². The first-order valence-electron chi connectivity index (χ1n) is 9.96. The lowest BCUT2D eigenvalue weighted by Gasteiger charge is -2.28. The molecule has 0 saturated heterocycles. The van der Waals surface area contributed by atoms with E-state index >= 15 is 0 Å². The molecule has 0 heterocycles. The van der Waals surface area contributed by atoms with Crippen molar-refractivity contribution < 1.29 is 23.6 Å². The van der Waals surface area contributed by atoms with E-state index in [1.807, 2.05) is 0 Å². The quantitative estimate of drug-likeness (QED) is 0.582. The third kappa shape index (κ3) is 6.37. The van der Waals surface area contributed by atoms with Gasteiger partial charge in [-0.15, -0.1) is 0 Å². The van der Waals surface area contributed by atoms with Gasteiger partial charge in [0.1, 0.15) is 12.4 Å². The molecule has 0 atom stereocenters. The van der Waals surface area contributed by atoms with E-state index in [-0.39, 0.29) is 29.7 Å². The number of imide groups is 1. The number of halogens is 2. The molecule has 32 heavy (non-hydrogen) atoms. The molecule has 0 unspecified atom stereocenters. The van der Waals surface area contributed by atoms with Crippen molar-refractivity contribution in [1.29, 1.82) is 0 Å². The number of aryl methyl sites for hydroxylation is 1. The van der Waals surface area contributed by atoms with E-state index in [1.165, 1.54) is 17.0 Å². The molecule has 0 radical (unpaired) electrons. The fourth-order valence-electron chi connectivity index (χ4n) is 3.01. The Morgan fingerprint density at radius 1 is 1.09 bits per heavy atom. The van der Waals surface area contributed by atoms with Crippen LogP contribution in [-0.2, 0) is 20.9 Å². The van der Waals surface area contributed by atoms with Crippen molar-refractivity contribution >= 4 is 35.7 Å². The van der Waals surface area contributed by atoms with Gasteiger partial charge in [-0.2, -0.15) is 0 Å². The van der Waals surface area contributed by atoms with Crippen molar-refractivity contribution in [3.05, 3.63) is 70.0 Å². The van der Waals surface area contributed by atoms with E-state index in [0.717, 1.165) is 4.90 Å². The highest BCUT2D eigenvalue weighted by Crippen LogP contribution is 2.17. The zero-order valence-electron chi connectivity index (χ0n) is 18.1. The summed E-state index contributed by atoms with van der Waals surface area (Å²) < 4.78 is 14.0. The van der Waals surface area contributed by atoms with Crippen molar-refractivity contribution in [3.63, 3.8) is 0 Å². The molecule has 0 aliphatic rings. The Kier molecular flexibility index (Phi) is 8.90. The van der Waals surface area contributed by atoms with Gasteiger partial charge >= 0.3 is 0 Å². The molecular formula is C23H25ClFN3O4. The van der Waals surface area contributed by atoms with Gasteiger partial charge in [-0.1, -0.05) is 41.9 Å². The zero-order chi connectivity index (χ0) is 23.8. The zero-order valence-corrected chi connectivity index (χ0v) is 18.9. The summed E-state index contributed by atoms with van der Waals surface area (Å²) in [5.41, 5.74) is 1.19. The predicted molar refractivity (Wildman–Crippen MR) is 118 cm³/mol. The molecule has 0 aliphatic heterocycles. The number of hydrogen-bond acceptors (Lipinski definition) is 4. The number of benzene rings is 2. The Hall–Kier alpha value is -3.26. The summed E-state index contributed by atoms with van der Waals surface area (Å²) in [6.07, 6.45) is 0.299. The van der Waals surface area contributed by atoms with Crippen LogP contribution < -0.4 is 5.32 Å². The lowest BCUT2D eigenvalue weighted by molar-refractivity contribution is -0.139. The van der Waals surface area contributed by atoms with Crippen LogP contribution >= 0.6 is 11.6 Å². The molecule has 0 saturated carbocycles. The van der Waals surface area contributed by atoms with Gasteiger partial charge in [0.15, 0.2) is 0 Å². The fraction of sp³-hybridized carbons (Fsp3) is 0.304. The lowest BCUT2D eigenvalue weighted by atomic mass is 10.1. The fourth-order valence-corrected chi connectivity index (χ4v) is 3.20. The second kappa shape index (κ2) is 11.4. The number of nitrogens with zero attached hydrogens (tertiary/aromatic N) is 2. The molecule has 0 fully saturated rings. The Bertz CT molecular complexity index is 1010. The van der Waals surface area contributed by atoms with Crippen LogP contribution in [0.2, 0.25) is 5.02 Å². The smallest absolute Gasteiger partial charge is 0.260 e. The first-order valence-corrected chi connectivity index (χ1v) is 10.3. The van der Waals surface area contributed by atoms with E-state index in [4.69, 9.17) is 11.6 Å². The molecule has 0 spiro atoms. The van der Waals surface area contributed by atoms with Gasteiger partial charge in [-0.3, -0.25) is 24.1 Å². The minimum atomic E-state index is -0.623. The van der Waals surface area contributed by atoms with Gasteiger partial charge in [-0.05, 0) is 38.5 Å². The number of carbonyl (C=O) groups is 4. The summed E-state index contributed by atoms with van der Waals surface area (Å²) in [5.74, 6) is -2.31. The van der Waals surface area contributed by atoms with Gasteiger partial charge < -0.3 is 10.2 Å². The summed E-state index contributed by atoms with van der Waals surface area (Å²) in [5, 5.41) is 2.50. The Morgan fingerprint density at radius 2 is 1.78 bits per heavy atom. The van der Waals surface area contributed by atoms with Crippen LogP contribution in [0.3, 0.4) is 0 Å². The summed E-state index contributed by atoms with van der Waals surface area (Å²) >= 11 is 5.74. The molecule has 1 N–H and O–H groups in total. The van der Waals surface area contributed by atoms with E-state index in [1.54, 1.807) is 51.1 Å².